The van der Waals surface area contributed by atoms with Crippen molar-refractivity contribution in [3.63, 3.8) is 0 Å². The van der Waals surface area contributed by atoms with Crippen LogP contribution in [-0.4, -0.2) is 22.0 Å². The van der Waals surface area contributed by atoms with Crippen LogP contribution in [-0.2, 0) is 16.8 Å². The van der Waals surface area contributed by atoms with Gasteiger partial charge in [-0.15, -0.1) is 0 Å². The Kier molecular flexibility index (Phi) is 4.39. The summed E-state index contributed by atoms with van der Waals surface area (Å²) in [6.07, 6.45) is 2.32. The molecular formula is C21H21N3O3. The average Bonchev–Trinajstić information content (AvgIpc) is 3.48. The first kappa shape index (κ1) is 17.3. The van der Waals surface area contributed by atoms with Crippen LogP contribution in [0.4, 0.5) is 0 Å². The van der Waals surface area contributed by atoms with Crippen LogP contribution in [0, 0.1) is 0 Å². The fraction of sp³-hybridized carbons (Fsp3) is 0.286. The molecule has 2 aromatic carbocycles. The molecule has 1 aliphatic rings. The van der Waals surface area contributed by atoms with Crippen LogP contribution in [0.15, 0.2) is 64.2 Å². The van der Waals surface area contributed by atoms with E-state index in [9.17, 15) is 14.4 Å². The normalized spacial score (nSPS) is 14.8. The Hall–Kier alpha value is -3.15. The number of rotatable bonds is 6. The number of benzene rings is 2. The van der Waals surface area contributed by atoms with Gasteiger partial charge in [-0.2, -0.15) is 0 Å². The Bertz CT molecular complexity index is 1090. The first-order valence-corrected chi connectivity index (χ1v) is 9.13. The van der Waals surface area contributed by atoms with Gasteiger partial charge in [0.1, 0.15) is 0 Å². The van der Waals surface area contributed by atoms with Gasteiger partial charge in [-0.25, -0.2) is 4.79 Å². The topological polar surface area (TPSA) is 84.0 Å². The fourth-order valence-electron chi connectivity index (χ4n) is 3.54. The zero-order valence-corrected chi connectivity index (χ0v) is 14.9. The van der Waals surface area contributed by atoms with E-state index in [2.05, 4.69) is 22.4 Å². The Morgan fingerprint density at radius 1 is 1.04 bits per heavy atom. The number of aryl methyl sites for hydroxylation is 1. The van der Waals surface area contributed by atoms with E-state index in [-0.39, 0.29) is 24.3 Å². The number of carbonyl (C=O) groups is 1. The van der Waals surface area contributed by atoms with Gasteiger partial charge < -0.3 is 5.32 Å². The van der Waals surface area contributed by atoms with Crippen LogP contribution < -0.4 is 16.6 Å². The number of carbonyl (C=O) groups excluding carboxylic acids is 1. The zero-order chi connectivity index (χ0) is 18.9. The van der Waals surface area contributed by atoms with Crippen molar-refractivity contribution in [1.29, 1.82) is 0 Å². The lowest BCUT2D eigenvalue weighted by Gasteiger charge is -2.17. The van der Waals surface area contributed by atoms with Crippen LogP contribution in [0.25, 0.3) is 10.9 Å². The summed E-state index contributed by atoms with van der Waals surface area (Å²) >= 11 is 0. The van der Waals surface area contributed by atoms with Gasteiger partial charge in [0, 0.05) is 24.9 Å². The van der Waals surface area contributed by atoms with E-state index < -0.39 is 11.2 Å². The van der Waals surface area contributed by atoms with Crippen molar-refractivity contribution in [3.8, 4) is 0 Å². The molecule has 0 unspecified atom stereocenters. The van der Waals surface area contributed by atoms with Gasteiger partial charge in [0.15, 0.2) is 0 Å². The van der Waals surface area contributed by atoms with Gasteiger partial charge in [-0.05, 0) is 30.5 Å². The third kappa shape index (κ3) is 3.43. The lowest BCUT2D eigenvalue weighted by molar-refractivity contribution is -0.121. The Morgan fingerprint density at radius 3 is 2.48 bits per heavy atom. The van der Waals surface area contributed by atoms with Crippen molar-refractivity contribution in [3.05, 3.63) is 81.0 Å². The Labute approximate surface area is 155 Å². The van der Waals surface area contributed by atoms with E-state index in [0.717, 1.165) is 12.8 Å². The van der Waals surface area contributed by atoms with E-state index in [4.69, 9.17) is 0 Å². The Balaban J connectivity index is 1.43. The van der Waals surface area contributed by atoms with Gasteiger partial charge in [0.2, 0.25) is 5.91 Å². The minimum absolute atomic E-state index is 0.0540. The largest absolute Gasteiger partial charge is 0.355 e. The highest BCUT2D eigenvalue weighted by Crippen LogP contribution is 2.47. The van der Waals surface area contributed by atoms with Crippen molar-refractivity contribution in [2.75, 3.05) is 6.54 Å². The number of nitrogens with zero attached hydrogens (tertiary/aromatic N) is 1. The molecule has 3 aromatic rings. The summed E-state index contributed by atoms with van der Waals surface area (Å²) < 4.78 is 1.44. The molecule has 0 aliphatic heterocycles. The van der Waals surface area contributed by atoms with Crippen molar-refractivity contribution in [2.45, 2.75) is 31.2 Å². The van der Waals surface area contributed by atoms with Crippen molar-refractivity contribution < 1.29 is 4.79 Å². The molecule has 0 radical (unpaired) electrons. The van der Waals surface area contributed by atoms with Crippen LogP contribution in [0.1, 0.15) is 24.8 Å². The van der Waals surface area contributed by atoms with Crippen LogP contribution in [0.5, 0.6) is 0 Å². The summed E-state index contributed by atoms with van der Waals surface area (Å²) in [4.78, 5) is 38.7. The number of fused-ring (bicyclic) bond motifs is 1. The van der Waals surface area contributed by atoms with Gasteiger partial charge in [-0.1, -0.05) is 42.5 Å². The summed E-state index contributed by atoms with van der Waals surface area (Å²) in [6.45, 7) is 0.831. The second kappa shape index (κ2) is 6.87. The summed E-state index contributed by atoms with van der Waals surface area (Å²) in [7, 11) is 0. The Morgan fingerprint density at radius 2 is 1.74 bits per heavy atom. The maximum absolute atomic E-state index is 12.3. The van der Waals surface area contributed by atoms with Gasteiger partial charge in [-0.3, -0.25) is 19.1 Å². The molecule has 1 fully saturated rings. The molecule has 4 rings (SSSR count). The molecule has 1 saturated carbocycles. The first-order chi connectivity index (χ1) is 13.1. The molecule has 6 heteroatoms. The number of aromatic nitrogens is 2. The summed E-state index contributed by atoms with van der Waals surface area (Å²) in [5, 5.41) is 3.45. The molecule has 1 amide bonds. The molecule has 1 aromatic heterocycles. The highest BCUT2D eigenvalue weighted by atomic mass is 16.2. The van der Waals surface area contributed by atoms with E-state index in [1.165, 1.54) is 10.1 Å². The average molecular weight is 363 g/mol. The standard InChI is InChI=1S/C21H21N3O3/c25-18(22-14-21(11-12-21)15-6-2-1-3-7-15)10-13-24-17-9-5-4-8-16(17)19(26)23-20(24)27/h1-9H,10-14H2,(H,22,25)(H,23,26,27). The molecular weight excluding hydrogens is 342 g/mol. The molecule has 0 bridgehead atoms. The zero-order valence-electron chi connectivity index (χ0n) is 14.9. The minimum Gasteiger partial charge on any atom is -0.355 e. The maximum atomic E-state index is 12.3. The predicted octanol–water partition coefficient (Wildman–Crippen LogP) is 1.93. The molecule has 0 spiro atoms. The van der Waals surface area contributed by atoms with Gasteiger partial charge >= 0.3 is 5.69 Å². The second-order valence-corrected chi connectivity index (χ2v) is 7.10. The molecule has 2 N–H and O–H groups in total. The van der Waals surface area contributed by atoms with Crippen molar-refractivity contribution in [1.82, 2.24) is 14.9 Å². The second-order valence-electron chi connectivity index (χ2n) is 7.10. The molecule has 1 heterocycles. The monoisotopic (exact) mass is 363 g/mol. The minimum atomic E-state index is -0.491. The van der Waals surface area contributed by atoms with E-state index in [1.807, 2.05) is 18.2 Å². The van der Waals surface area contributed by atoms with Gasteiger partial charge in [0.25, 0.3) is 5.56 Å². The molecule has 1 aliphatic carbocycles. The lowest BCUT2D eigenvalue weighted by Crippen LogP contribution is -2.35. The smallest absolute Gasteiger partial charge is 0.328 e. The summed E-state index contributed by atoms with van der Waals surface area (Å²) in [5.74, 6) is -0.0978. The quantitative estimate of drug-likeness (QED) is 0.702. The third-order valence-electron chi connectivity index (χ3n) is 5.33. The predicted molar refractivity (Wildman–Crippen MR) is 104 cm³/mol. The number of H-pyrrole nitrogens is 1. The number of amides is 1. The number of hydrogen-bond donors (Lipinski definition) is 2. The van der Waals surface area contributed by atoms with Crippen LogP contribution in [0.2, 0.25) is 0 Å². The molecule has 6 nitrogen and oxygen atoms in total. The van der Waals surface area contributed by atoms with E-state index in [0.29, 0.717) is 17.4 Å². The fourth-order valence-corrected chi connectivity index (χ4v) is 3.54. The van der Waals surface area contributed by atoms with Crippen LogP contribution in [0.3, 0.4) is 0 Å². The number of para-hydroxylation sites is 1. The molecule has 0 atom stereocenters. The maximum Gasteiger partial charge on any atom is 0.328 e. The van der Waals surface area contributed by atoms with Crippen molar-refractivity contribution in [2.24, 2.45) is 0 Å². The van der Waals surface area contributed by atoms with E-state index in [1.54, 1.807) is 24.3 Å². The highest BCUT2D eigenvalue weighted by Gasteiger charge is 2.44. The number of nitrogens with one attached hydrogen (secondary N) is 2. The number of hydrogen-bond acceptors (Lipinski definition) is 3. The molecule has 0 saturated heterocycles. The third-order valence-corrected chi connectivity index (χ3v) is 5.33. The molecule has 27 heavy (non-hydrogen) atoms. The summed E-state index contributed by atoms with van der Waals surface area (Å²) in [6, 6.07) is 17.1. The number of aromatic amines is 1. The summed E-state index contributed by atoms with van der Waals surface area (Å²) in [5.41, 5.74) is 0.956. The molecule has 138 valence electrons. The SMILES string of the molecule is O=C(CCn1c(=O)[nH]c(=O)c2ccccc21)NCC1(c2ccccc2)CC1. The highest BCUT2D eigenvalue weighted by molar-refractivity contribution is 5.79. The van der Waals surface area contributed by atoms with Gasteiger partial charge in [0.05, 0.1) is 10.9 Å². The van der Waals surface area contributed by atoms with Crippen LogP contribution >= 0.6 is 0 Å². The van der Waals surface area contributed by atoms with E-state index >= 15 is 0 Å². The lowest BCUT2D eigenvalue weighted by atomic mass is 9.96. The van der Waals surface area contributed by atoms with Crippen molar-refractivity contribution >= 4 is 16.8 Å². The first-order valence-electron chi connectivity index (χ1n) is 9.13.